The van der Waals surface area contributed by atoms with E-state index in [0.29, 0.717) is 5.82 Å². The standard InChI is InChI=1S/C10H11N3OS.ClH/c1-3-7(11-5-1)10-12-9(13-14-10)8-4-2-6-15-8;/h2,4,6-7,11H,1,3,5H2;1H. The Bertz CT molecular complexity index is 437. The molecule has 0 amide bonds. The summed E-state index contributed by atoms with van der Waals surface area (Å²) in [5.74, 6) is 1.42. The van der Waals surface area contributed by atoms with Crippen LogP contribution in [0.4, 0.5) is 0 Å². The van der Waals surface area contributed by atoms with E-state index in [4.69, 9.17) is 4.52 Å². The van der Waals surface area contributed by atoms with Gasteiger partial charge in [0.1, 0.15) is 0 Å². The maximum Gasteiger partial charge on any atom is 0.244 e. The molecule has 1 fully saturated rings. The van der Waals surface area contributed by atoms with Crippen molar-refractivity contribution in [2.75, 3.05) is 6.54 Å². The first-order chi connectivity index (χ1) is 7.43. The lowest BCUT2D eigenvalue weighted by Crippen LogP contribution is -2.12. The molecule has 6 heteroatoms. The molecule has 0 aliphatic carbocycles. The third-order valence-electron chi connectivity index (χ3n) is 2.54. The van der Waals surface area contributed by atoms with E-state index in [2.05, 4.69) is 15.5 Å². The highest BCUT2D eigenvalue weighted by Crippen LogP contribution is 2.26. The van der Waals surface area contributed by atoms with Gasteiger partial charge in [0.2, 0.25) is 11.7 Å². The summed E-state index contributed by atoms with van der Waals surface area (Å²) in [7, 11) is 0. The summed E-state index contributed by atoms with van der Waals surface area (Å²) in [4.78, 5) is 5.46. The lowest BCUT2D eigenvalue weighted by molar-refractivity contribution is 0.345. The van der Waals surface area contributed by atoms with Gasteiger partial charge < -0.3 is 9.84 Å². The Morgan fingerprint density at radius 3 is 3.12 bits per heavy atom. The minimum atomic E-state index is 0. The average Bonchev–Trinajstić information content (AvgIpc) is 3.02. The molecule has 1 atom stereocenters. The fourth-order valence-electron chi connectivity index (χ4n) is 1.78. The summed E-state index contributed by atoms with van der Waals surface area (Å²) in [6, 6.07) is 4.25. The van der Waals surface area contributed by atoms with Gasteiger partial charge in [-0.25, -0.2) is 0 Å². The molecule has 0 bridgehead atoms. The third kappa shape index (κ3) is 2.11. The Morgan fingerprint density at radius 2 is 2.44 bits per heavy atom. The Kier molecular flexibility index (Phi) is 3.58. The molecule has 0 saturated carbocycles. The molecule has 0 radical (unpaired) electrons. The summed E-state index contributed by atoms with van der Waals surface area (Å²) in [5, 5.41) is 9.34. The molecule has 1 aliphatic rings. The topological polar surface area (TPSA) is 51.0 Å². The summed E-state index contributed by atoms with van der Waals surface area (Å²) in [5.41, 5.74) is 0. The molecule has 4 nitrogen and oxygen atoms in total. The fraction of sp³-hybridized carbons (Fsp3) is 0.400. The number of rotatable bonds is 2. The van der Waals surface area contributed by atoms with Gasteiger partial charge in [-0.1, -0.05) is 11.2 Å². The molecular formula is C10H12ClN3OS. The van der Waals surface area contributed by atoms with E-state index in [9.17, 15) is 0 Å². The third-order valence-corrected chi connectivity index (χ3v) is 3.41. The molecule has 2 aromatic heterocycles. The van der Waals surface area contributed by atoms with Crippen LogP contribution in [0, 0.1) is 0 Å². The van der Waals surface area contributed by atoms with Gasteiger partial charge in [-0.3, -0.25) is 0 Å². The molecule has 2 aromatic rings. The fourth-order valence-corrected chi connectivity index (χ4v) is 2.43. The van der Waals surface area contributed by atoms with Gasteiger partial charge in [-0.15, -0.1) is 23.7 Å². The maximum atomic E-state index is 5.26. The molecule has 0 aromatic carbocycles. The summed E-state index contributed by atoms with van der Waals surface area (Å²) >= 11 is 1.63. The first-order valence-corrected chi connectivity index (χ1v) is 5.92. The first-order valence-electron chi connectivity index (χ1n) is 5.04. The van der Waals surface area contributed by atoms with Crippen LogP contribution in [0.25, 0.3) is 10.7 Å². The summed E-state index contributed by atoms with van der Waals surface area (Å²) in [6.07, 6.45) is 2.27. The molecule has 1 aliphatic heterocycles. The monoisotopic (exact) mass is 257 g/mol. The molecule has 3 rings (SSSR count). The Labute approximate surface area is 103 Å². The van der Waals surface area contributed by atoms with E-state index in [1.54, 1.807) is 11.3 Å². The van der Waals surface area contributed by atoms with Crippen LogP contribution < -0.4 is 5.32 Å². The Morgan fingerprint density at radius 1 is 1.50 bits per heavy atom. The van der Waals surface area contributed by atoms with Gasteiger partial charge in [0.25, 0.3) is 0 Å². The van der Waals surface area contributed by atoms with Crippen LogP contribution in [0.1, 0.15) is 24.8 Å². The smallest absolute Gasteiger partial charge is 0.244 e. The molecule has 1 N–H and O–H groups in total. The molecule has 1 unspecified atom stereocenters. The van der Waals surface area contributed by atoms with E-state index in [1.807, 2.05) is 17.5 Å². The van der Waals surface area contributed by atoms with Crippen LogP contribution in [-0.2, 0) is 0 Å². The quantitative estimate of drug-likeness (QED) is 0.899. The molecule has 16 heavy (non-hydrogen) atoms. The number of hydrogen-bond donors (Lipinski definition) is 1. The molecule has 3 heterocycles. The maximum absolute atomic E-state index is 5.26. The van der Waals surface area contributed by atoms with Gasteiger partial charge in [0, 0.05) is 0 Å². The number of nitrogens with one attached hydrogen (secondary N) is 1. The highest BCUT2D eigenvalue weighted by atomic mass is 35.5. The zero-order valence-corrected chi connectivity index (χ0v) is 10.2. The van der Waals surface area contributed by atoms with Crippen LogP contribution in [0.5, 0.6) is 0 Å². The highest BCUT2D eigenvalue weighted by molar-refractivity contribution is 7.13. The molecule has 1 saturated heterocycles. The van der Waals surface area contributed by atoms with Crippen molar-refractivity contribution in [1.29, 1.82) is 0 Å². The predicted octanol–water partition coefficient (Wildman–Crippen LogP) is 2.64. The highest BCUT2D eigenvalue weighted by Gasteiger charge is 2.22. The lowest BCUT2D eigenvalue weighted by Gasteiger charge is -2.01. The van der Waals surface area contributed by atoms with E-state index in [1.165, 1.54) is 6.42 Å². The largest absolute Gasteiger partial charge is 0.337 e. The lowest BCUT2D eigenvalue weighted by atomic mass is 10.2. The number of halogens is 1. The van der Waals surface area contributed by atoms with Crippen LogP contribution in [0.15, 0.2) is 22.0 Å². The van der Waals surface area contributed by atoms with Crippen molar-refractivity contribution in [2.45, 2.75) is 18.9 Å². The normalized spacial score (nSPS) is 19.6. The van der Waals surface area contributed by atoms with Crippen LogP contribution in [-0.4, -0.2) is 16.7 Å². The van der Waals surface area contributed by atoms with Crippen LogP contribution in [0.2, 0.25) is 0 Å². The van der Waals surface area contributed by atoms with Crippen molar-refractivity contribution >= 4 is 23.7 Å². The second-order valence-corrected chi connectivity index (χ2v) is 4.53. The van der Waals surface area contributed by atoms with Gasteiger partial charge in [-0.05, 0) is 30.8 Å². The van der Waals surface area contributed by atoms with Crippen molar-refractivity contribution in [1.82, 2.24) is 15.5 Å². The van der Waals surface area contributed by atoms with Crippen molar-refractivity contribution in [3.05, 3.63) is 23.4 Å². The second-order valence-electron chi connectivity index (χ2n) is 3.58. The average molecular weight is 258 g/mol. The predicted molar refractivity (Wildman–Crippen MR) is 64.8 cm³/mol. The minimum Gasteiger partial charge on any atom is -0.337 e. The van der Waals surface area contributed by atoms with Crippen LogP contribution >= 0.6 is 23.7 Å². The van der Waals surface area contributed by atoms with Crippen molar-refractivity contribution < 1.29 is 4.52 Å². The van der Waals surface area contributed by atoms with E-state index in [-0.39, 0.29) is 18.4 Å². The molecular weight excluding hydrogens is 246 g/mol. The first kappa shape index (κ1) is 11.6. The number of hydrogen-bond acceptors (Lipinski definition) is 5. The zero-order valence-electron chi connectivity index (χ0n) is 8.55. The number of nitrogens with zero attached hydrogens (tertiary/aromatic N) is 2. The zero-order chi connectivity index (χ0) is 10.1. The van der Waals surface area contributed by atoms with Crippen molar-refractivity contribution in [3.8, 4) is 10.7 Å². The number of aromatic nitrogens is 2. The van der Waals surface area contributed by atoms with Gasteiger partial charge in [0.15, 0.2) is 0 Å². The minimum absolute atomic E-state index is 0. The van der Waals surface area contributed by atoms with Gasteiger partial charge in [-0.2, -0.15) is 4.98 Å². The molecule has 0 spiro atoms. The molecule has 86 valence electrons. The van der Waals surface area contributed by atoms with Gasteiger partial charge >= 0.3 is 0 Å². The van der Waals surface area contributed by atoms with Crippen LogP contribution in [0.3, 0.4) is 0 Å². The Balaban J connectivity index is 0.000000963. The SMILES string of the molecule is Cl.c1csc(-c2noc(C3CCCN3)n2)c1. The number of thiophene rings is 1. The second kappa shape index (κ2) is 4.95. The van der Waals surface area contributed by atoms with E-state index >= 15 is 0 Å². The Hall–Kier alpha value is -0.910. The van der Waals surface area contributed by atoms with Crippen molar-refractivity contribution in [2.24, 2.45) is 0 Å². The van der Waals surface area contributed by atoms with Gasteiger partial charge in [0.05, 0.1) is 10.9 Å². The van der Waals surface area contributed by atoms with E-state index in [0.717, 1.165) is 23.7 Å². The summed E-state index contributed by atoms with van der Waals surface area (Å²) < 4.78 is 5.26. The summed E-state index contributed by atoms with van der Waals surface area (Å²) in [6.45, 7) is 1.04. The van der Waals surface area contributed by atoms with E-state index < -0.39 is 0 Å². The van der Waals surface area contributed by atoms with Crippen molar-refractivity contribution in [3.63, 3.8) is 0 Å².